The van der Waals surface area contributed by atoms with Gasteiger partial charge in [-0.2, -0.15) is 0 Å². The molecule has 0 aliphatic carbocycles. The van der Waals surface area contributed by atoms with Crippen LogP contribution in [0.5, 0.6) is 0 Å². The molecule has 0 N–H and O–H groups in total. The number of ether oxygens (including phenoxy) is 1. The van der Waals surface area contributed by atoms with Crippen molar-refractivity contribution in [1.29, 1.82) is 0 Å². The third-order valence-electron chi connectivity index (χ3n) is 2.90. The normalized spacial score (nSPS) is 29.1. The topological polar surface area (TPSA) is 29.5 Å². The molecule has 0 amide bonds. The number of carbonyl (C=O) groups excluding carboxylic acids is 1. The van der Waals surface area contributed by atoms with Crippen LogP contribution in [-0.4, -0.2) is 37.0 Å². The first-order valence-corrected chi connectivity index (χ1v) is 6.52. The van der Waals surface area contributed by atoms with Crippen LogP contribution in [0.15, 0.2) is 12.3 Å². The van der Waals surface area contributed by atoms with E-state index in [0.717, 1.165) is 6.29 Å². The molecular weight excluding hydrogens is 214 g/mol. The molecule has 2 aliphatic heterocycles. The number of fused-ring (bicyclic) bond motifs is 2. The van der Waals surface area contributed by atoms with Gasteiger partial charge in [0.25, 0.3) is 0 Å². The summed E-state index contributed by atoms with van der Waals surface area (Å²) < 4.78 is 5.66. The van der Waals surface area contributed by atoms with Crippen LogP contribution in [-0.2, 0) is 9.53 Å². The first-order valence-electron chi connectivity index (χ1n) is 6.52. The summed E-state index contributed by atoms with van der Waals surface area (Å²) in [5.74, 6) is 0. The van der Waals surface area contributed by atoms with Gasteiger partial charge >= 0.3 is 0 Å². The van der Waals surface area contributed by atoms with Gasteiger partial charge < -0.3 is 9.64 Å². The van der Waals surface area contributed by atoms with E-state index in [1.165, 1.54) is 31.8 Å². The maximum absolute atomic E-state index is 9.60. The largest absolute Gasteiger partial charge is 0.383 e. The lowest BCUT2D eigenvalue weighted by molar-refractivity contribution is -0.104. The van der Waals surface area contributed by atoms with Crippen molar-refractivity contribution in [2.75, 3.05) is 14.1 Å². The van der Waals surface area contributed by atoms with E-state index in [9.17, 15) is 4.79 Å². The highest BCUT2D eigenvalue weighted by atomic mass is 16.5. The van der Waals surface area contributed by atoms with Crippen molar-refractivity contribution in [3.05, 3.63) is 12.3 Å². The van der Waals surface area contributed by atoms with Crippen LogP contribution in [0.3, 0.4) is 0 Å². The lowest BCUT2D eigenvalue weighted by Gasteiger charge is -2.16. The minimum atomic E-state index is 0.310. The second-order valence-corrected chi connectivity index (χ2v) is 4.71. The Morgan fingerprint density at radius 3 is 1.88 bits per heavy atom. The van der Waals surface area contributed by atoms with Crippen LogP contribution >= 0.6 is 0 Å². The summed E-state index contributed by atoms with van der Waals surface area (Å²) in [7, 11) is 3.72. The summed E-state index contributed by atoms with van der Waals surface area (Å²) in [6, 6.07) is 0. The second kappa shape index (κ2) is 8.29. The van der Waals surface area contributed by atoms with Crippen molar-refractivity contribution >= 4 is 6.29 Å². The Balaban J connectivity index is 0.000000267. The zero-order valence-electron chi connectivity index (χ0n) is 11.9. The van der Waals surface area contributed by atoms with E-state index in [-0.39, 0.29) is 0 Å². The molecule has 17 heavy (non-hydrogen) atoms. The molecule has 2 rings (SSSR count). The number of hydrogen-bond acceptors (Lipinski definition) is 3. The van der Waals surface area contributed by atoms with E-state index in [1.54, 1.807) is 11.1 Å². The maximum atomic E-state index is 9.60. The quantitative estimate of drug-likeness (QED) is 0.550. The Labute approximate surface area is 106 Å². The highest BCUT2D eigenvalue weighted by molar-refractivity contribution is 5.64. The molecule has 0 aromatic rings. The minimum absolute atomic E-state index is 0.310. The van der Waals surface area contributed by atoms with Gasteiger partial charge in [0.2, 0.25) is 0 Å². The predicted molar refractivity (Wildman–Crippen MR) is 72.0 cm³/mol. The number of carbonyl (C=O) groups is 1. The summed E-state index contributed by atoms with van der Waals surface area (Å²) >= 11 is 0. The third kappa shape index (κ3) is 6.47. The summed E-state index contributed by atoms with van der Waals surface area (Å²) in [5, 5.41) is 0. The van der Waals surface area contributed by atoms with Gasteiger partial charge in [-0.25, -0.2) is 0 Å². The van der Waals surface area contributed by atoms with Crippen molar-refractivity contribution in [2.45, 2.75) is 58.2 Å². The highest BCUT2D eigenvalue weighted by Gasteiger charge is 2.41. The molecule has 3 nitrogen and oxygen atoms in total. The van der Waals surface area contributed by atoms with E-state index in [2.05, 4.69) is 6.92 Å². The Bertz CT molecular complexity index is 228. The minimum Gasteiger partial charge on any atom is -0.383 e. The summed E-state index contributed by atoms with van der Waals surface area (Å²) in [4.78, 5) is 11.4. The van der Waals surface area contributed by atoms with Gasteiger partial charge in [-0.3, -0.25) is 4.79 Å². The standard InChI is InChI=1S/C7H12O.C5H9NO.C2H6/c1-7-4-2-6(8-7)3-5-7;1-6(2)4-3-5-7;1-2/h6H,2-5H2,1H3;3-5H,1-2H3;1-2H3/b;4-3+;. The summed E-state index contributed by atoms with van der Waals surface area (Å²) in [5.41, 5.74) is 0.310. The number of allylic oxidation sites excluding steroid dienone is 1. The van der Waals surface area contributed by atoms with Gasteiger partial charge in [-0.1, -0.05) is 13.8 Å². The third-order valence-corrected chi connectivity index (χ3v) is 2.90. The van der Waals surface area contributed by atoms with E-state index in [1.807, 2.05) is 27.9 Å². The summed E-state index contributed by atoms with van der Waals surface area (Å²) in [6.07, 6.45) is 9.76. The highest BCUT2D eigenvalue weighted by Crippen LogP contribution is 2.42. The lowest BCUT2D eigenvalue weighted by Crippen LogP contribution is -2.17. The van der Waals surface area contributed by atoms with Gasteiger partial charge in [-0.05, 0) is 38.7 Å². The van der Waals surface area contributed by atoms with Crippen molar-refractivity contribution in [2.24, 2.45) is 0 Å². The SMILES string of the molecule is CC.CC12CCC(CC1)O2.CN(C)/C=C/C=O. The Morgan fingerprint density at radius 1 is 1.24 bits per heavy atom. The van der Waals surface area contributed by atoms with Crippen LogP contribution in [0.25, 0.3) is 0 Å². The molecule has 2 heterocycles. The molecule has 0 aromatic heterocycles. The Morgan fingerprint density at radius 2 is 1.76 bits per heavy atom. The molecule has 2 saturated heterocycles. The average Bonchev–Trinajstić information content (AvgIpc) is 2.87. The molecule has 100 valence electrons. The van der Waals surface area contributed by atoms with Crippen molar-refractivity contribution < 1.29 is 9.53 Å². The fourth-order valence-corrected chi connectivity index (χ4v) is 2.05. The average molecular weight is 241 g/mol. The molecule has 2 aliphatic rings. The molecule has 2 bridgehead atoms. The van der Waals surface area contributed by atoms with Crippen LogP contribution in [0.2, 0.25) is 0 Å². The van der Waals surface area contributed by atoms with Crippen LogP contribution in [0.1, 0.15) is 46.5 Å². The first-order chi connectivity index (χ1) is 8.06. The fraction of sp³-hybridized carbons (Fsp3) is 0.786. The molecule has 0 aromatic carbocycles. The van der Waals surface area contributed by atoms with Crippen molar-refractivity contribution in [1.82, 2.24) is 4.90 Å². The number of rotatable bonds is 2. The van der Waals surface area contributed by atoms with Crippen LogP contribution in [0, 0.1) is 0 Å². The van der Waals surface area contributed by atoms with Gasteiger partial charge in [0.1, 0.15) is 6.29 Å². The zero-order valence-corrected chi connectivity index (χ0v) is 11.9. The molecule has 0 unspecified atom stereocenters. The maximum Gasteiger partial charge on any atom is 0.144 e. The van der Waals surface area contributed by atoms with Crippen LogP contribution in [0.4, 0.5) is 0 Å². The molecule has 0 saturated carbocycles. The van der Waals surface area contributed by atoms with Crippen molar-refractivity contribution in [3.63, 3.8) is 0 Å². The van der Waals surface area contributed by atoms with E-state index < -0.39 is 0 Å². The molecule has 3 heteroatoms. The first kappa shape index (κ1) is 16.2. The molecule has 0 spiro atoms. The van der Waals surface area contributed by atoms with Crippen LogP contribution < -0.4 is 0 Å². The van der Waals surface area contributed by atoms with Gasteiger partial charge in [-0.15, -0.1) is 0 Å². The van der Waals surface area contributed by atoms with E-state index in [4.69, 9.17) is 4.74 Å². The number of aldehydes is 1. The number of nitrogens with zero attached hydrogens (tertiary/aromatic N) is 1. The molecular formula is C14H27NO2. The van der Waals surface area contributed by atoms with E-state index in [0.29, 0.717) is 11.7 Å². The van der Waals surface area contributed by atoms with Gasteiger partial charge in [0.05, 0.1) is 11.7 Å². The Kier molecular flexibility index (Phi) is 7.88. The smallest absolute Gasteiger partial charge is 0.144 e. The molecule has 2 fully saturated rings. The fourth-order valence-electron chi connectivity index (χ4n) is 2.05. The monoisotopic (exact) mass is 241 g/mol. The molecule has 0 radical (unpaired) electrons. The number of hydrogen-bond donors (Lipinski definition) is 0. The van der Waals surface area contributed by atoms with E-state index >= 15 is 0 Å². The predicted octanol–water partition coefficient (Wildman–Crippen LogP) is 3.00. The van der Waals surface area contributed by atoms with Gasteiger partial charge in [0.15, 0.2) is 0 Å². The van der Waals surface area contributed by atoms with Crippen molar-refractivity contribution in [3.8, 4) is 0 Å². The summed E-state index contributed by atoms with van der Waals surface area (Å²) in [6.45, 7) is 6.24. The molecule has 0 atom stereocenters. The lowest BCUT2D eigenvalue weighted by atomic mass is 9.91. The van der Waals surface area contributed by atoms with Gasteiger partial charge in [0, 0.05) is 20.3 Å². The zero-order chi connectivity index (χ0) is 13.3. The second-order valence-electron chi connectivity index (χ2n) is 4.71. The Hall–Kier alpha value is -0.830.